The molecule has 1 atom stereocenters. The van der Waals surface area contributed by atoms with Crippen LogP contribution in [0.4, 0.5) is 10.2 Å². The van der Waals surface area contributed by atoms with Crippen molar-refractivity contribution in [1.29, 1.82) is 0 Å². The molecule has 0 amide bonds. The molecule has 0 spiro atoms. The molecule has 31 heavy (non-hydrogen) atoms. The van der Waals surface area contributed by atoms with Crippen LogP contribution in [0, 0.1) is 0 Å². The maximum atomic E-state index is 13.7. The number of likely N-dealkylation sites (tertiary alicyclic amines) is 1. The van der Waals surface area contributed by atoms with E-state index in [0.29, 0.717) is 36.1 Å². The Bertz CT molecular complexity index is 1070. The highest BCUT2D eigenvalue weighted by Gasteiger charge is 2.25. The molecule has 0 aromatic carbocycles. The molecule has 5 heterocycles. The van der Waals surface area contributed by atoms with Crippen molar-refractivity contribution in [3.05, 3.63) is 35.7 Å². The van der Waals surface area contributed by atoms with Crippen molar-refractivity contribution in [2.45, 2.75) is 31.5 Å². The maximum Gasteiger partial charge on any atom is 0.129 e. The zero-order valence-corrected chi connectivity index (χ0v) is 18.0. The van der Waals surface area contributed by atoms with Crippen LogP contribution in [0.3, 0.4) is 0 Å². The highest BCUT2D eigenvalue weighted by molar-refractivity contribution is 6.34. The minimum atomic E-state index is -0.809. The number of aliphatic hydroxyl groups is 1. The molecule has 0 bridgehead atoms. The monoisotopic (exact) mass is 444 g/mol. The molecule has 7 nitrogen and oxygen atoms in total. The van der Waals surface area contributed by atoms with Crippen LogP contribution in [0.15, 0.2) is 30.7 Å². The third-order valence-corrected chi connectivity index (χ3v) is 6.63. The largest absolute Gasteiger partial charge is 0.395 e. The zero-order valence-electron chi connectivity index (χ0n) is 17.3. The van der Waals surface area contributed by atoms with Crippen LogP contribution >= 0.6 is 11.6 Å². The van der Waals surface area contributed by atoms with Gasteiger partial charge in [0.05, 0.1) is 35.9 Å². The Morgan fingerprint density at radius 1 is 1.13 bits per heavy atom. The molecule has 2 aliphatic heterocycles. The summed E-state index contributed by atoms with van der Waals surface area (Å²) < 4.78 is 15.7. The molecular formula is C22H26ClFN6O. The van der Waals surface area contributed by atoms with Gasteiger partial charge in [0.2, 0.25) is 0 Å². The Hall–Kier alpha value is -2.29. The lowest BCUT2D eigenvalue weighted by Crippen LogP contribution is -2.36. The number of pyridine rings is 2. The molecule has 2 fully saturated rings. The average Bonchev–Trinajstić information content (AvgIpc) is 3.43. The fourth-order valence-corrected chi connectivity index (χ4v) is 4.87. The van der Waals surface area contributed by atoms with E-state index in [2.05, 4.69) is 15.0 Å². The second-order valence-corrected chi connectivity index (χ2v) is 8.76. The predicted molar refractivity (Wildman–Crippen MR) is 119 cm³/mol. The van der Waals surface area contributed by atoms with E-state index in [-0.39, 0.29) is 6.61 Å². The van der Waals surface area contributed by atoms with Crippen molar-refractivity contribution in [3.63, 3.8) is 0 Å². The highest BCUT2D eigenvalue weighted by atomic mass is 35.5. The number of β-amino-alcohol motifs (C(OH)–C–C–N with tert-alkyl or cyclic N) is 1. The van der Waals surface area contributed by atoms with Crippen molar-refractivity contribution in [2.24, 2.45) is 0 Å². The molecule has 0 radical (unpaired) electrons. The summed E-state index contributed by atoms with van der Waals surface area (Å²) in [6, 6.07) is 4.14. The van der Waals surface area contributed by atoms with Gasteiger partial charge in [-0.2, -0.15) is 5.10 Å². The zero-order chi connectivity index (χ0) is 21.4. The number of aromatic nitrogens is 4. The van der Waals surface area contributed by atoms with E-state index in [1.807, 2.05) is 34.1 Å². The van der Waals surface area contributed by atoms with Gasteiger partial charge in [-0.15, -0.1) is 0 Å². The summed E-state index contributed by atoms with van der Waals surface area (Å²) in [5.41, 5.74) is 3.19. The van der Waals surface area contributed by atoms with E-state index < -0.39 is 6.17 Å². The fourth-order valence-electron chi connectivity index (χ4n) is 4.63. The summed E-state index contributed by atoms with van der Waals surface area (Å²) in [6.45, 7) is 3.86. The van der Waals surface area contributed by atoms with Gasteiger partial charge < -0.3 is 14.9 Å². The first-order valence-corrected chi connectivity index (χ1v) is 11.2. The second kappa shape index (κ2) is 8.68. The Morgan fingerprint density at radius 3 is 2.71 bits per heavy atom. The van der Waals surface area contributed by atoms with Crippen LogP contribution in [0.25, 0.3) is 22.2 Å². The lowest BCUT2D eigenvalue weighted by Gasteiger charge is -2.31. The van der Waals surface area contributed by atoms with E-state index in [1.54, 1.807) is 6.20 Å². The number of halogens is 2. The number of alkyl halides is 1. The third kappa shape index (κ3) is 4.12. The molecule has 2 aliphatic rings. The summed E-state index contributed by atoms with van der Waals surface area (Å²) in [5.74, 6) is 0.751. The van der Waals surface area contributed by atoms with Crippen molar-refractivity contribution in [3.8, 4) is 11.1 Å². The smallest absolute Gasteiger partial charge is 0.129 e. The van der Waals surface area contributed by atoms with Gasteiger partial charge in [-0.25, -0.2) is 9.37 Å². The predicted octanol–water partition coefficient (Wildman–Crippen LogP) is 3.32. The SMILES string of the molecule is OCCN1CCC(n2cc(-c3c(Cl)cnc4ccc(N5CC[C@H](F)C5)nc34)cn2)CC1. The van der Waals surface area contributed by atoms with Gasteiger partial charge in [0.25, 0.3) is 0 Å². The first kappa shape index (κ1) is 20.6. The number of anilines is 1. The number of fused-ring (bicyclic) bond motifs is 1. The molecule has 3 aromatic heterocycles. The normalized spacial score (nSPS) is 20.7. The number of rotatable bonds is 5. The van der Waals surface area contributed by atoms with Gasteiger partial charge in [-0.1, -0.05) is 11.6 Å². The molecule has 1 N–H and O–H groups in total. The molecule has 2 saturated heterocycles. The van der Waals surface area contributed by atoms with E-state index in [1.165, 1.54) is 0 Å². The number of hydrogen-bond acceptors (Lipinski definition) is 6. The Kier molecular flexibility index (Phi) is 5.77. The average molecular weight is 445 g/mol. The lowest BCUT2D eigenvalue weighted by molar-refractivity contribution is 0.146. The van der Waals surface area contributed by atoms with E-state index in [9.17, 15) is 4.39 Å². The standard InChI is InChI=1S/C22H26ClFN6O/c23-18-12-25-19-1-2-20(29-8-3-16(24)14-29)27-22(19)21(18)15-11-26-30(13-15)17-4-6-28(7-5-17)9-10-31/h1-2,11-13,16-17,31H,3-10,14H2/t16-/m0/s1. The minimum Gasteiger partial charge on any atom is -0.395 e. The second-order valence-electron chi connectivity index (χ2n) is 8.36. The van der Waals surface area contributed by atoms with E-state index in [0.717, 1.165) is 54.9 Å². The highest BCUT2D eigenvalue weighted by Crippen LogP contribution is 2.35. The first-order chi connectivity index (χ1) is 15.1. The molecule has 0 unspecified atom stereocenters. The molecular weight excluding hydrogens is 419 g/mol. The van der Waals surface area contributed by atoms with Crippen LogP contribution in [-0.4, -0.2) is 75.3 Å². The van der Waals surface area contributed by atoms with Crippen LogP contribution in [-0.2, 0) is 0 Å². The quantitative estimate of drug-likeness (QED) is 0.651. The molecule has 9 heteroatoms. The van der Waals surface area contributed by atoms with Crippen molar-refractivity contribution >= 4 is 28.5 Å². The van der Waals surface area contributed by atoms with Gasteiger partial charge in [-0.3, -0.25) is 9.67 Å². The Balaban J connectivity index is 1.45. The first-order valence-electron chi connectivity index (χ1n) is 10.8. The van der Waals surface area contributed by atoms with Crippen LogP contribution < -0.4 is 4.90 Å². The Labute approximate surface area is 185 Å². The van der Waals surface area contributed by atoms with Gasteiger partial charge in [-0.05, 0) is 31.4 Å². The molecule has 0 aliphatic carbocycles. The summed E-state index contributed by atoms with van der Waals surface area (Å²) in [5, 5.41) is 14.3. The molecule has 3 aromatic rings. The lowest BCUT2D eigenvalue weighted by atomic mass is 10.0. The van der Waals surface area contributed by atoms with Gasteiger partial charge in [0.1, 0.15) is 17.5 Å². The molecule has 164 valence electrons. The number of piperidine rings is 1. The molecule has 5 rings (SSSR count). The van der Waals surface area contributed by atoms with Crippen LogP contribution in [0.1, 0.15) is 25.3 Å². The van der Waals surface area contributed by atoms with E-state index in [4.69, 9.17) is 21.7 Å². The van der Waals surface area contributed by atoms with Crippen molar-refractivity contribution in [1.82, 2.24) is 24.6 Å². The number of nitrogens with zero attached hydrogens (tertiary/aromatic N) is 6. The summed E-state index contributed by atoms with van der Waals surface area (Å²) in [6.07, 6.45) is 7.23. The number of aliphatic hydroxyl groups excluding tert-OH is 1. The van der Waals surface area contributed by atoms with Crippen molar-refractivity contribution < 1.29 is 9.50 Å². The van der Waals surface area contributed by atoms with Gasteiger partial charge in [0, 0.05) is 49.7 Å². The molecule has 0 saturated carbocycles. The van der Waals surface area contributed by atoms with E-state index >= 15 is 0 Å². The van der Waals surface area contributed by atoms with Crippen LogP contribution in [0.5, 0.6) is 0 Å². The van der Waals surface area contributed by atoms with Gasteiger partial charge in [0.15, 0.2) is 0 Å². The summed E-state index contributed by atoms with van der Waals surface area (Å²) in [7, 11) is 0. The maximum absolute atomic E-state index is 13.7. The summed E-state index contributed by atoms with van der Waals surface area (Å²) in [4.78, 5) is 13.5. The topological polar surface area (TPSA) is 70.3 Å². The number of hydrogen-bond donors (Lipinski definition) is 1. The summed E-state index contributed by atoms with van der Waals surface area (Å²) >= 11 is 6.58. The minimum absolute atomic E-state index is 0.197. The Morgan fingerprint density at radius 2 is 1.97 bits per heavy atom. The fraction of sp³-hybridized carbons (Fsp3) is 0.500. The van der Waals surface area contributed by atoms with Crippen molar-refractivity contribution in [2.75, 3.05) is 44.2 Å². The van der Waals surface area contributed by atoms with Crippen LogP contribution in [0.2, 0.25) is 5.02 Å². The van der Waals surface area contributed by atoms with Gasteiger partial charge >= 0.3 is 0 Å². The third-order valence-electron chi connectivity index (χ3n) is 6.34.